The first kappa shape index (κ1) is 20.1. The molecule has 0 saturated heterocycles. The summed E-state index contributed by atoms with van der Waals surface area (Å²) in [5, 5.41) is 9.60. The summed E-state index contributed by atoms with van der Waals surface area (Å²) >= 11 is 0. The Labute approximate surface area is 164 Å². The monoisotopic (exact) mass is 404 g/mol. The standard InChI is InChI=1S/C19H24N4O4S/c1-12(13-8-6-5-7-9-13)20-17(24)18(25)21-16-14-10-28(26,27)11-15(14)22-23(16)19(2,3)4/h5-9,12H,10-11H2,1-4H3,(H,20,24)(H,21,25)/t12-/m0/s1. The summed E-state index contributed by atoms with van der Waals surface area (Å²) in [4.78, 5) is 24.9. The van der Waals surface area contributed by atoms with E-state index in [2.05, 4.69) is 15.7 Å². The summed E-state index contributed by atoms with van der Waals surface area (Å²) in [6.45, 7) is 7.44. The number of benzene rings is 1. The molecule has 0 aliphatic carbocycles. The first-order valence-corrected chi connectivity index (χ1v) is 10.8. The number of carbonyl (C=O) groups excluding carboxylic acids is 2. The molecular formula is C19H24N4O4S. The Kier molecular flexibility index (Phi) is 5.05. The van der Waals surface area contributed by atoms with E-state index in [-0.39, 0.29) is 23.4 Å². The van der Waals surface area contributed by atoms with Gasteiger partial charge in [-0.1, -0.05) is 30.3 Å². The first-order valence-electron chi connectivity index (χ1n) is 8.96. The van der Waals surface area contributed by atoms with Gasteiger partial charge in [-0.2, -0.15) is 5.10 Å². The second-order valence-corrected chi connectivity index (χ2v) is 10.0. The Balaban J connectivity index is 1.81. The molecule has 2 N–H and O–H groups in total. The zero-order chi connectivity index (χ0) is 20.7. The number of rotatable bonds is 3. The molecule has 0 fully saturated rings. The number of hydrogen-bond donors (Lipinski definition) is 2. The number of sulfone groups is 1. The number of amides is 2. The van der Waals surface area contributed by atoms with Crippen molar-refractivity contribution >= 4 is 27.5 Å². The SMILES string of the molecule is C[C@H](NC(=O)C(=O)Nc1c2c(nn1C(C)(C)C)CS(=O)(=O)C2)c1ccccc1. The minimum atomic E-state index is -3.29. The van der Waals surface area contributed by atoms with Gasteiger partial charge in [0.25, 0.3) is 0 Å². The fourth-order valence-electron chi connectivity index (χ4n) is 3.11. The molecule has 28 heavy (non-hydrogen) atoms. The lowest BCUT2D eigenvalue weighted by Gasteiger charge is -2.23. The summed E-state index contributed by atoms with van der Waals surface area (Å²) in [6.07, 6.45) is 0. The van der Waals surface area contributed by atoms with Crippen molar-refractivity contribution in [2.45, 2.75) is 50.8 Å². The molecule has 1 aromatic carbocycles. The number of nitrogens with one attached hydrogen (secondary N) is 2. The largest absolute Gasteiger partial charge is 0.341 e. The minimum absolute atomic E-state index is 0.161. The predicted octanol–water partition coefficient (Wildman–Crippen LogP) is 1.88. The normalized spacial score (nSPS) is 16.3. The van der Waals surface area contributed by atoms with Crippen LogP contribution in [-0.4, -0.2) is 30.0 Å². The van der Waals surface area contributed by atoms with E-state index in [0.717, 1.165) is 5.56 Å². The molecule has 0 bridgehead atoms. The van der Waals surface area contributed by atoms with E-state index in [0.29, 0.717) is 11.3 Å². The smallest absolute Gasteiger partial charge is 0.314 e. The molecule has 0 saturated carbocycles. The maximum Gasteiger partial charge on any atom is 0.314 e. The summed E-state index contributed by atoms with van der Waals surface area (Å²) in [6, 6.07) is 8.93. The van der Waals surface area contributed by atoms with Crippen LogP contribution in [0.15, 0.2) is 30.3 Å². The summed E-state index contributed by atoms with van der Waals surface area (Å²) in [5.74, 6) is -1.76. The number of hydrogen-bond acceptors (Lipinski definition) is 5. The van der Waals surface area contributed by atoms with Gasteiger partial charge in [0.15, 0.2) is 9.84 Å². The lowest BCUT2D eigenvalue weighted by atomic mass is 10.1. The van der Waals surface area contributed by atoms with Gasteiger partial charge in [-0.3, -0.25) is 9.59 Å². The molecule has 0 radical (unpaired) electrons. The van der Waals surface area contributed by atoms with Crippen LogP contribution in [0.2, 0.25) is 0 Å². The van der Waals surface area contributed by atoms with E-state index in [1.54, 1.807) is 11.6 Å². The van der Waals surface area contributed by atoms with Gasteiger partial charge in [0, 0.05) is 5.56 Å². The molecule has 3 rings (SSSR count). The molecule has 2 heterocycles. The van der Waals surface area contributed by atoms with Crippen LogP contribution in [0.1, 0.15) is 50.6 Å². The maximum absolute atomic E-state index is 12.5. The summed E-state index contributed by atoms with van der Waals surface area (Å²) in [5.41, 5.74) is 1.25. The average Bonchev–Trinajstić information content (AvgIpc) is 3.08. The second kappa shape index (κ2) is 7.05. The lowest BCUT2D eigenvalue weighted by molar-refractivity contribution is -0.136. The van der Waals surface area contributed by atoms with Crippen molar-refractivity contribution in [3.05, 3.63) is 47.2 Å². The van der Waals surface area contributed by atoms with Crippen LogP contribution >= 0.6 is 0 Å². The predicted molar refractivity (Wildman–Crippen MR) is 105 cm³/mol. The number of fused-ring (bicyclic) bond motifs is 1. The van der Waals surface area contributed by atoms with Gasteiger partial charge in [0.1, 0.15) is 5.82 Å². The first-order chi connectivity index (χ1) is 13.0. The minimum Gasteiger partial charge on any atom is -0.341 e. The molecule has 1 aliphatic heterocycles. The molecule has 1 aliphatic rings. The van der Waals surface area contributed by atoms with Crippen LogP contribution in [0.25, 0.3) is 0 Å². The molecule has 1 aromatic heterocycles. The van der Waals surface area contributed by atoms with Crippen molar-refractivity contribution in [3.8, 4) is 0 Å². The molecule has 2 aromatic rings. The van der Waals surface area contributed by atoms with Crippen molar-refractivity contribution in [2.24, 2.45) is 0 Å². The lowest BCUT2D eigenvalue weighted by Crippen LogP contribution is -2.38. The van der Waals surface area contributed by atoms with E-state index in [9.17, 15) is 18.0 Å². The topological polar surface area (TPSA) is 110 Å². The Morgan fingerprint density at radius 3 is 2.36 bits per heavy atom. The van der Waals surface area contributed by atoms with E-state index < -0.39 is 27.2 Å². The van der Waals surface area contributed by atoms with Gasteiger partial charge >= 0.3 is 11.8 Å². The fourth-order valence-corrected chi connectivity index (χ4v) is 4.60. The van der Waals surface area contributed by atoms with Gasteiger partial charge in [-0.25, -0.2) is 13.1 Å². The highest BCUT2D eigenvalue weighted by Gasteiger charge is 2.35. The molecule has 150 valence electrons. The highest BCUT2D eigenvalue weighted by Crippen LogP contribution is 2.34. The fraction of sp³-hybridized carbons (Fsp3) is 0.421. The van der Waals surface area contributed by atoms with Gasteiger partial charge in [-0.15, -0.1) is 0 Å². The van der Waals surface area contributed by atoms with Crippen LogP contribution < -0.4 is 10.6 Å². The summed E-state index contributed by atoms with van der Waals surface area (Å²) < 4.78 is 25.5. The van der Waals surface area contributed by atoms with Crippen LogP contribution in [0.3, 0.4) is 0 Å². The van der Waals surface area contributed by atoms with Gasteiger partial charge in [0.05, 0.1) is 28.8 Å². The van der Waals surface area contributed by atoms with E-state index in [4.69, 9.17) is 0 Å². The van der Waals surface area contributed by atoms with Crippen molar-refractivity contribution in [1.82, 2.24) is 15.1 Å². The van der Waals surface area contributed by atoms with Gasteiger partial charge in [-0.05, 0) is 33.3 Å². The zero-order valence-electron chi connectivity index (χ0n) is 16.3. The quantitative estimate of drug-likeness (QED) is 0.759. The number of anilines is 1. The van der Waals surface area contributed by atoms with Crippen LogP contribution in [0.4, 0.5) is 5.82 Å². The third kappa shape index (κ3) is 4.09. The van der Waals surface area contributed by atoms with Gasteiger partial charge in [0.2, 0.25) is 0 Å². The molecule has 9 heteroatoms. The summed E-state index contributed by atoms with van der Waals surface area (Å²) in [7, 11) is -3.29. The van der Waals surface area contributed by atoms with Crippen molar-refractivity contribution in [3.63, 3.8) is 0 Å². The van der Waals surface area contributed by atoms with E-state index in [1.807, 2.05) is 51.1 Å². The Morgan fingerprint density at radius 2 is 1.75 bits per heavy atom. The zero-order valence-corrected chi connectivity index (χ0v) is 17.1. The van der Waals surface area contributed by atoms with E-state index >= 15 is 0 Å². The third-order valence-electron chi connectivity index (χ3n) is 4.51. The van der Waals surface area contributed by atoms with Crippen molar-refractivity contribution in [1.29, 1.82) is 0 Å². The average molecular weight is 404 g/mol. The van der Waals surface area contributed by atoms with Crippen molar-refractivity contribution < 1.29 is 18.0 Å². The number of nitrogens with zero attached hydrogens (tertiary/aromatic N) is 2. The van der Waals surface area contributed by atoms with Gasteiger partial charge < -0.3 is 10.6 Å². The second-order valence-electron chi connectivity index (χ2n) is 7.95. The molecule has 8 nitrogen and oxygen atoms in total. The highest BCUT2D eigenvalue weighted by molar-refractivity contribution is 7.90. The maximum atomic E-state index is 12.5. The Hall–Kier alpha value is -2.68. The van der Waals surface area contributed by atoms with Crippen LogP contribution in [-0.2, 0) is 36.5 Å². The van der Waals surface area contributed by atoms with Crippen LogP contribution in [0.5, 0.6) is 0 Å². The molecule has 2 amide bonds. The molecule has 0 spiro atoms. The Bertz CT molecular complexity index is 1020. The molecule has 1 atom stereocenters. The van der Waals surface area contributed by atoms with Crippen molar-refractivity contribution in [2.75, 3.05) is 5.32 Å². The van der Waals surface area contributed by atoms with E-state index in [1.165, 1.54) is 0 Å². The highest BCUT2D eigenvalue weighted by atomic mass is 32.2. The number of carbonyl (C=O) groups is 2. The molecule has 0 unspecified atom stereocenters. The molecular weight excluding hydrogens is 380 g/mol. The number of aromatic nitrogens is 2. The third-order valence-corrected chi connectivity index (χ3v) is 5.95. The van der Waals surface area contributed by atoms with Crippen LogP contribution in [0, 0.1) is 0 Å². The Morgan fingerprint density at radius 1 is 1.11 bits per heavy atom.